The van der Waals surface area contributed by atoms with Gasteiger partial charge in [-0.25, -0.2) is 0 Å². The van der Waals surface area contributed by atoms with E-state index in [0.29, 0.717) is 0 Å². The smallest absolute Gasteiger partial charge is 0.428 e. The van der Waals surface area contributed by atoms with Crippen LogP contribution in [0.5, 0.6) is 5.75 Å². The molecule has 1 aromatic carbocycles. The zero-order valence-corrected chi connectivity index (χ0v) is 17.9. The van der Waals surface area contributed by atoms with Crippen molar-refractivity contribution in [1.82, 2.24) is 0 Å². The van der Waals surface area contributed by atoms with Crippen molar-refractivity contribution in [2.75, 3.05) is 0 Å². The van der Waals surface area contributed by atoms with E-state index in [1.54, 1.807) is 0 Å². The molecule has 0 spiro atoms. The minimum atomic E-state index is -9.08. The van der Waals surface area contributed by atoms with E-state index in [0.717, 1.165) is 0 Å². The molecule has 0 radical (unpaired) electrons. The van der Waals surface area contributed by atoms with Gasteiger partial charge < -0.3 is 4.74 Å². The zero-order valence-electron chi connectivity index (χ0n) is 17.1. The first-order valence-electron chi connectivity index (χ1n) is 8.54. The summed E-state index contributed by atoms with van der Waals surface area (Å²) >= 11 is 0. The van der Waals surface area contributed by atoms with Crippen LogP contribution < -0.4 is 4.74 Å². The first-order valence-corrected chi connectivity index (χ1v) is 9.98. The molecule has 1 N–H and O–H groups in total. The normalized spacial score (nSPS) is 15.9. The average Bonchev–Trinajstić information content (AvgIpc) is 2.71. The van der Waals surface area contributed by atoms with Crippen molar-refractivity contribution in [1.29, 1.82) is 0 Å². The van der Waals surface area contributed by atoms with Gasteiger partial charge in [0.15, 0.2) is 0 Å². The number of ether oxygens (including phenoxy) is 1. The lowest BCUT2D eigenvalue weighted by Crippen LogP contribution is -2.76. The van der Waals surface area contributed by atoms with Crippen LogP contribution >= 0.6 is 0 Å². The van der Waals surface area contributed by atoms with Gasteiger partial charge in [0.05, 0.1) is 4.90 Å². The second-order valence-corrected chi connectivity index (χ2v) is 8.51. The van der Waals surface area contributed by atoms with Crippen LogP contribution in [0.1, 0.15) is 0 Å². The van der Waals surface area contributed by atoms with Gasteiger partial charge in [-0.2, -0.15) is 91.8 Å². The molecule has 1 rings (SSSR count). The number of halogens is 19. The van der Waals surface area contributed by atoms with E-state index in [2.05, 4.69) is 4.74 Å². The Balaban J connectivity index is 3.69. The van der Waals surface area contributed by atoms with Crippen molar-refractivity contribution >= 4 is 10.1 Å². The molecular weight excluding hydrogens is 637 g/mol. The van der Waals surface area contributed by atoms with Crippen LogP contribution in [0.25, 0.3) is 0 Å². The highest BCUT2D eigenvalue weighted by molar-refractivity contribution is 7.85. The SMILES string of the molecule is O=S(=O)(O)c1cccc(OC(F)(F)C(F)(F)C(F)(F)C(F)(F)C(F)(F)C(F)(F)C(F)(F)C(F)(F)C(F)(F)F)c1. The number of rotatable bonds is 10. The molecule has 0 aliphatic rings. The lowest BCUT2D eigenvalue weighted by molar-refractivity contribution is -0.476. The van der Waals surface area contributed by atoms with Crippen molar-refractivity contribution < 1.29 is 101 Å². The summed E-state index contributed by atoms with van der Waals surface area (Å²) in [5, 5.41) is 0. The molecule has 0 saturated carbocycles. The van der Waals surface area contributed by atoms with Crippen LogP contribution in [-0.4, -0.2) is 66.7 Å². The van der Waals surface area contributed by atoms with E-state index >= 15 is 0 Å². The molecule has 0 aliphatic carbocycles. The maximum Gasteiger partial charge on any atom is 0.471 e. The Morgan fingerprint density at radius 1 is 0.538 bits per heavy atom. The third-order valence-electron chi connectivity index (χ3n) is 4.44. The summed E-state index contributed by atoms with van der Waals surface area (Å²) in [5.41, 5.74) is 0. The Hall–Kier alpha value is -2.40. The van der Waals surface area contributed by atoms with Gasteiger partial charge in [0.1, 0.15) is 5.75 Å². The summed E-state index contributed by atoms with van der Waals surface area (Å²) < 4.78 is 285. The molecular formula is C15H5F19O4S. The van der Waals surface area contributed by atoms with E-state index in [4.69, 9.17) is 4.55 Å². The van der Waals surface area contributed by atoms with Crippen LogP contribution in [0.3, 0.4) is 0 Å². The fourth-order valence-electron chi connectivity index (χ4n) is 2.26. The number of benzene rings is 1. The highest BCUT2D eigenvalue weighted by Gasteiger charge is 2.97. The van der Waals surface area contributed by atoms with Gasteiger partial charge in [-0.3, -0.25) is 4.55 Å². The first kappa shape index (κ1) is 34.6. The molecule has 0 unspecified atom stereocenters. The third-order valence-corrected chi connectivity index (χ3v) is 5.29. The molecule has 0 atom stereocenters. The van der Waals surface area contributed by atoms with Crippen LogP contribution in [0.2, 0.25) is 0 Å². The molecule has 0 fully saturated rings. The molecule has 0 saturated heterocycles. The summed E-state index contributed by atoms with van der Waals surface area (Å²) in [5.74, 6) is -63.4. The molecule has 0 aliphatic heterocycles. The maximum absolute atomic E-state index is 13.8. The lowest BCUT2D eigenvalue weighted by Gasteiger charge is -2.43. The van der Waals surface area contributed by atoms with Crippen molar-refractivity contribution in [3.05, 3.63) is 24.3 Å². The molecule has 0 heterocycles. The monoisotopic (exact) mass is 642 g/mol. The Bertz CT molecular complexity index is 1170. The van der Waals surface area contributed by atoms with Crippen molar-refractivity contribution in [2.24, 2.45) is 0 Å². The largest absolute Gasteiger partial charge is 0.471 e. The predicted molar refractivity (Wildman–Crippen MR) is 82.5 cm³/mol. The quantitative estimate of drug-likeness (QED) is 0.223. The van der Waals surface area contributed by atoms with Gasteiger partial charge in [0, 0.05) is 6.07 Å². The molecule has 24 heteroatoms. The lowest BCUT2D eigenvalue weighted by atomic mass is 9.88. The highest BCUT2D eigenvalue weighted by atomic mass is 32.2. The molecule has 39 heavy (non-hydrogen) atoms. The molecule has 0 bridgehead atoms. The molecule has 0 amide bonds. The van der Waals surface area contributed by atoms with Crippen LogP contribution in [0.4, 0.5) is 83.4 Å². The van der Waals surface area contributed by atoms with Gasteiger partial charge in [-0.15, -0.1) is 0 Å². The van der Waals surface area contributed by atoms with Gasteiger partial charge in [-0.1, -0.05) is 6.07 Å². The number of alkyl halides is 19. The minimum absolute atomic E-state index is 0.0581. The Morgan fingerprint density at radius 3 is 1.21 bits per heavy atom. The zero-order chi connectivity index (χ0) is 31.7. The van der Waals surface area contributed by atoms with Crippen LogP contribution in [0.15, 0.2) is 29.2 Å². The topological polar surface area (TPSA) is 63.6 Å². The Labute approximate surface area is 201 Å². The number of hydrogen-bond acceptors (Lipinski definition) is 3. The van der Waals surface area contributed by atoms with E-state index in [9.17, 15) is 91.8 Å². The summed E-state index contributed by atoms with van der Waals surface area (Å²) in [6.45, 7) is 0. The first-order chi connectivity index (χ1) is 16.7. The Kier molecular flexibility index (Phi) is 8.04. The molecule has 228 valence electrons. The van der Waals surface area contributed by atoms with E-state index in [1.807, 2.05) is 0 Å². The summed E-state index contributed by atoms with van der Waals surface area (Å²) in [6, 6.07) is 0.0351. The second-order valence-electron chi connectivity index (χ2n) is 7.09. The second kappa shape index (κ2) is 9.06. The summed E-state index contributed by atoms with van der Waals surface area (Å²) in [7, 11) is -5.42. The van der Waals surface area contributed by atoms with E-state index in [1.165, 1.54) is 0 Å². The highest BCUT2D eigenvalue weighted by Crippen LogP contribution is 2.65. The van der Waals surface area contributed by atoms with Gasteiger partial charge in [0.2, 0.25) is 0 Å². The molecule has 0 aromatic heterocycles. The van der Waals surface area contributed by atoms with E-state index < -0.39 is 80.6 Å². The maximum atomic E-state index is 13.8. The van der Waals surface area contributed by atoms with Crippen molar-refractivity contribution in [3.63, 3.8) is 0 Å². The van der Waals surface area contributed by atoms with Gasteiger partial charge in [0.25, 0.3) is 10.1 Å². The van der Waals surface area contributed by atoms with Crippen LogP contribution in [0, 0.1) is 0 Å². The number of hydrogen-bond donors (Lipinski definition) is 1. The van der Waals surface area contributed by atoms with Crippen molar-refractivity contribution in [2.45, 2.75) is 58.6 Å². The Morgan fingerprint density at radius 2 is 0.872 bits per heavy atom. The van der Waals surface area contributed by atoms with Crippen LogP contribution in [-0.2, 0) is 10.1 Å². The third kappa shape index (κ3) is 4.90. The summed E-state index contributed by atoms with van der Waals surface area (Å²) in [4.78, 5) is -1.55. The van der Waals surface area contributed by atoms with Gasteiger partial charge >= 0.3 is 53.7 Å². The molecule has 1 aromatic rings. The average molecular weight is 642 g/mol. The van der Waals surface area contributed by atoms with Crippen molar-refractivity contribution in [3.8, 4) is 5.75 Å². The standard InChI is InChI=1S/C15H5F19O4S/c16-7(17,8(18,19)10(22,23)12(26,27)14(30,31)32)9(20,21)11(24,25)13(28,29)15(33,34)38-5-2-1-3-6(4-5)39(35,36)37/h1-4H,(H,35,36,37). The predicted octanol–water partition coefficient (Wildman–Crippen LogP) is 6.91. The minimum Gasteiger partial charge on any atom is -0.428 e. The fraction of sp³-hybridized carbons (Fsp3) is 0.600. The van der Waals surface area contributed by atoms with E-state index in [-0.39, 0.29) is 18.2 Å². The summed E-state index contributed by atoms with van der Waals surface area (Å²) in [6.07, 6.45) is -15.3. The molecule has 4 nitrogen and oxygen atoms in total. The fourth-order valence-corrected chi connectivity index (χ4v) is 2.77. The van der Waals surface area contributed by atoms with Gasteiger partial charge in [-0.05, 0) is 12.1 Å².